The van der Waals surface area contributed by atoms with Crippen LogP contribution in [0.1, 0.15) is 25.5 Å². The number of alkyl halides is 3. The lowest BCUT2D eigenvalue weighted by Gasteiger charge is -2.47. The summed E-state index contributed by atoms with van der Waals surface area (Å²) in [6.45, 7) is 4.13. The number of ether oxygens (including phenoxy) is 1. The minimum absolute atomic E-state index is 0.0310. The molecule has 2 aliphatic heterocycles. The number of likely N-dealkylation sites (tertiary alicyclic amines) is 1. The van der Waals surface area contributed by atoms with Gasteiger partial charge in [0.15, 0.2) is 9.84 Å². The van der Waals surface area contributed by atoms with Gasteiger partial charge in [0.25, 0.3) is 0 Å². The molecule has 0 aliphatic carbocycles. The maximum absolute atomic E-state index is 12.5. The summed E-state index contributed by atoms with van der Waals surface area (Å²) >= 11 is 0. The first-order valence-corrected chi connectivity index (χ1v) is 10.0. The SMILES string of the molecule is CC(CN1CCC2(CC1)CS(=O)(=O)C2)Oc1ccc(C(F)(F)F)nc1. The van der Waals surface area contributed by atoms with Crippen LogP contribution in [0.3, 0.4) is 0 Å². The van der Waals surface area contributed by atoms with Crippen molar-refractivity contribution in [1.82, 2.24) is 9.88 Å². The Morgan fingerprint density at radius 3 is 2.40 bits per heavy atom. The van der Waals surface area contributed by atoms with Gasteiger partial charge in [-0.2, -0.15) is 13.2 Å². The average molecular weight is 378 g/mol. The first-order chi connectivity index (χ1) is 11.6. The van der Waals surface area contributed by atoms with Gasteiger partial charge < -0.3 is 4.74 Å². The molecule has 9 heteroatoms. The van der Waals surface area contributed by atoms with Crippen molar-refractivity contribution in [3.63, 3.8) is 0 Å². The van der Waals surface area contributed by atoms with Crippen molar-refractivity contribution >= 4 is 9.84 Å². The van der Waals surface area contributed by atoms with E-state index in [0.717, 1.165) is 38.2 Å². The van der Waals surface area contributed by atoms with Crippen molar-refractivity contribution in [2.24, 2.45) is 5.41 Å². The molecule has 2 saturated heterocycles. The van der Waals surface area contributed by atoms with Crippen molar-refractivity contribution < 1.29 is 26.3 Å². The Bertz CT molecular complexity index is 697. The zero-order valence-corrected chi connectivity index (χ0v) is 14.7. The number of hydrogen-bond acceptors (Lipinski definition) is 5. The van der Waals surface area contributed by atoms with Crippen LogP contribution in [0.2, 0.25) is 0 Å². The molecule has 2 aliphatic rings. The second-order valence-electron chi connectivity index (χ2n) is 7.14. The standard InChI is InChI=1S/C16H21F3N2O3S/c1-12(24-13-2-3-14(20-8-13)16(17,18)19)9-21-6-4-15(5-7-21)10-25(22,23)11-15/h2-3,8,12H,4-7,9-11H2,1H3. The summed E-state index contributed by atoms with van der Waals surface area (Å²) in [5, 5.41) is 0. The van der Waals surface area contributed by atoms with Gasteiger partial charge in [-0.1, -0.05) is 0 Å². The summed E-state index contributed by atoms with van der Waals surface area (Å²) in [7, 11) is -2.82. The van der Waals surface area contributed by atoms with E-state index in [-0.39, 0.29) is 11.5 Å². The average Bonchev–Trinajstić information content (AvgIpc) is 2.47. The van der Waals surface area contributed by atoms with E-state index in [2.05, 4.69) is 9.88 Å². The summed E-state index contributed by atoms with van der Waals surface area (Å²) < 4.78 is 65.9. The first kappa shape index (κ1) is 18.4. The lowest BCUT2D eigenvalue weighted by Crippen LogP contribution is -2.55. The van der Waals surface area contributed by atoms with Crippen LogP contribution in [0.4, 0.5) is 13.2 Å². The summed E-state index contributed by atoms with van der Waals surface area (Å²) in [5.41, 5.74) is -0.971. The van der Waals surface area contributed by atoms with Crippen molar-refractivity contribution in [2.45, 2.75) is 32.0 Å². The van der Waals surface area contributed by atoms with E-state index in [1.54, 1.807) is 0 Å². The second kappa shape index (κ2) is 6.42. The molecular weight excluding hydrogens is 357 g/mol. The highest BCUT2D eigenvalue weighted by Crippen LogP contribution is 2.42. The molecule has 3 rings (SSSR count). The number of sulfone groups is 1. The minimum atomic E-state index is -4.46. The molecule has 0 bridgehead atoms. The number of pyridine rings is 1. The second-order valence-corrected chi connectivity index (χ2v) is 9.20. The fourth-order valence-electron chi connectivity index (χ4n) is 3.64. The van der Waals surface area contributed by atoms with Crippen molar-refractivity contribution in [3.05, 3.63) is 24.0 Å². The molecule has 25 heavy (non-hydrogen) atoms. The van der Waals surface area contributed by atoms with E-state index < -0.39 is 21.7 Å². The highest BCUT2D eigenvalue weighted by atomic mass is 32.2. The fourth-order valence-corrected chi connectivity index (χ4v) is 6.00. The van der Waals surface area contributed by atoms with E-state index in [0.29, 0.717) is 23.8 Å². The zero-order valence-electron chi connectivity index (χ0n) is 13.9. The van der Waals surface area contributed by atoms with Crippen LogP contribution in [0.25, 0.3) is 0 Å². The Kier molecular flexibility index (Phi) is 4.74. The van der Waals surface area contributed by atoms with E-state index in [4.69, 9.17) is 4.74 Å². The number of halogens is 3. The lowest BCUT2D eigenvalue weighted by atomic mass is 9.81. The molecule has 0 radical (unpaired) electrons. The fraction of sp³-hybridized carbons (Fsp3) is 0.688. The first-order valence-electron chi connectivity index (χ1n) is 8.20. The lowest BCUT2D eigenvalue weighted by molar-refractivity contribution is -0.141. The molecule has 140 valence electrons. The Hall–Kier alpha value is -1.35. The molecular formula is C16H21F3N2O3S. The van der Waals surface area contributed by atoms with Crippen LogP contribution in [0.15, 0.2) is 18.3 Å². The van der Waals surface area contributed by atoms with Crippen LogP contribution in [0, 0.1) is 5.41 Å². The molecule has 5 nitrogen and oxygen atoms in total. The Morgan fingerprint density at radius 1 is 1.28 bits per heavy atom. The minimum Gasteiger partial charge on any atom is -0.488 e. The Balaban J connectivity index is 1.46. The van der Waals surface area contributed by atoms with Gasteiger partial charge in [0.1, 0.15) is 17.5 Å². The largest absolute Gasteiger partial charge is 0.488 e. The van der Waals surface area contributed by atoms with Crippen LogP contribution in [-0.2, 0) is 16.0 Å². The molecule has 1 spiro atoms. The summed E-state index contributed by atoms with van der Waals surface area (Å²) in [6, 6.07) is 2.18. The molecule has 0 N–H and O–H groups in total. The van der Waals surface area contributed by atoms with Crippen LogP contribution in [-0.4, -0.2) is 55.5 Å². The third kappa shape index (κ3) is 4.44. The van der Waals surface area contributed by atoms with Gasteiger partial charge in [-0.25, -0.2) is 13.4 Å². The molecule has 1 aromatic rings. The van der Waals surface area contributed by atoms with E-state index in [1.807, 2.05) is 6.92 Å². The highest BCUT2D eigenvalue weighted by molar-refractivity contribution is 7.92. The van der Waals surface area contributed by atoms with Gasteiger partial charge in [-0.3, -0.25) is 4.90 Å². The van der Waals surface area contributed by atoms with Gasteiger partial charge in [0.05, 0.1) is 17.7 Å². The zero-order chi connectivity index (χ0) is 18.3. The molecule has 0 aromatic carbocycles. The predicted molar refractivity (Wildman–Crippen MR) is 86.1 cm³/mol. The van der Waals surface area contributed by atoms with E-state index in [9.17, 15) is 21.6 Å². The number of piperidine rings is 1. The van der Waals surface area contributed by atoms with E-state index >= 15 is 0 Å². The van der Waals surface area contributed by atoms with Gasteiger partial charge >= 0.3 is 6.18 Å². The van der Waals surface area contributed by atoms with Crippen LogP contribution < -0.4 is 4.74 Å². The number of aromatic nitrogens is 1. The number of hydrogen-bond donors (Lipinski definition) is 0. The van der Waals surface area contributed by atoms with Crippen molar-refractivity contribution in [3.8, 4) is 5.75 Å². The maximum atomic E-state index is 12.5. The number of nitrogens with zero attached hydrogens (tertiary/aromatic N) is 2. The Labute approximate surface area is 145 Å². The summed E-state index contributed by atoms with van der Waals surface area (Å²) in [4.78, 5) is 5.59. The molecule has 0 amide bonds. The van der Waals surface area contributed by atoms with Crippen LogP contribution in [0.5, 0.6) is 5.75 Å². The van der Waals surface area contributed by atoms with Crippen LogP contribution >= 0.6 is 0 Å². The predicted octanol–water partition coefficient (Wildman–Crippen LogP) is 2.38. The Morgan fingerprint density at radius 2 is 1.92 bits per heavy atom. The van der Waals surface area contributed by atoms with Crippen molar-refractivity contribution in [2.75, 3.05) is 31.1 Å². The molecule has 0 saturated carbocycles. The molecule has 2 fully saturated rings. The van der Waals surface area contributed by atoms with Gasteiger partial charge in [-0.05, 0) is 45.0 Å². The summed E-state index contributed by atoms with van der Waals surface area (Å²) in [6.07, 6.45) is -1.84. The monoisotopic (exact) mass is 378 g/mol. The van der Waals surface area contributed by atoms with Gasteiger partial charge in [0.2, 0.25) is 0 Å². The molecule has 1 unspecified atom stereocenters. The summed E-state index contributed by atoms with van der Waals surface area (Å²) in [5.74, 6) is 0.910. The van der Waals surface area contributed by atoms with Gasteiger partial charge in [-0.15, -0.1) is 0 Å². The highest BCUT2D eigenvalue weighted by Gasteiger charge is 2.49. The molecule has 3 heterocycles. The third-order valence-electron chi connectivity index (χ3n) is 4.85. The molecule has 1 aromatic heterocycles. The maximum Gasteiger partial charge on any atom is 0.433 e. The normalized spacial score (nSPS) is 23.8. The topological polar surface area (TPSA) is 59.5 Å². The number of rotatable bonds is 4. The van der Waals surface area contributed by atoms with E-state index in [1.165, 1.54) is 6.07 Å². The quantitative estimate of drug-likeness (QED) is 0.805. The molecule has 1 atom stereocenters. The van der Waals surface area contributed by atoms with Crippen molar-refractivity contribution in [1.29, 1.82) is 0 Å². The third-order valence-corrected chi connectivity index (χ3v) is 6.95. The smallest absolute Gasteiger partial charge is 0.433 e. The van der Waals surface area contributed by atoms with Gasteiger partial charge in [0, 0.05) is 12.0 Å².